The van der Waals surface area contributed by atoms with Gasteiger partial charge in [-0.2, -0.15) is 0 Å². The predicted molar refractivity (Wildman–Crippen MR) is 90.1 cm³/mol. The van der Waals surface area contributed by atoms with Crippen LogP contribution in [-0.4, -0.2) is 55.7 Å². The molecule has 2 heterocycles. The number of benzene rings is 1. The van der Waals surface area contributed by atoms with E-state index >= 15 is 0 Å². The van der Waals surface area contributed by atoms with Gasteiger partial charge in [0.2, 0.25) is 5.91 Å². The lowest BCUT2D eigenvalue weighted by Gasteiger charge is -2.40. The third-order valence-electron chi connectivity index (χ3n) is 4.81. The number of hydrogen-bond acceptors (Lipinski definition) is 4. The van der Waals surface area contributed by atoms with Crippen molar-refractivity contribution >= 4 is 17.5 Å². The topological polar surface area (TPSA) is 59.1 Å². The minimum absolute atomic E-state index is 0.0649. The summed E-state index contributed by atoms with van der Waals surface area (Å²) in [4.78, 5) is 28.6. The smallest absolute Gasteiger partial charge is 0.255 e. The molecule has 0 unspecified atom stereocenters. The third kappa shape index (κ3) is 3.24. The van der Waals surface area contributed by atoms with Crippen LogP contribution in [0.5, 0.6) is 5.75 Å². The number of ether oxygens (including phenoxy) is 2. The molecule has 1 atom stereocenters. The highest BCUT2D eigenvalue weighted by Gasteiger charge is 2.41. The first-order valence-electron chi connectivity index (χ1n) is 8.41. The molecule has 0 spiro atoms. The largest absolute Gasteiger partial charge is 0.497 e. The van der Waals surface area contributed by atoms with Crippen molar-refractivity contribution in [3.05, 3.63) is 24.3 Å². The van der Waals surface area contributed by atoms with Crippen molar-refractivity contribution in [2.45, 2.75) is 31.8 Å². The van der Waals surface area contributed by atoms with Gasteiger partial charge in [-0.1, -0.05) is 0 Å². The first-order chi connectivity index (χ1) is 11.5. The lowest BCUT2D eigenvalue weighted by Crippen LogP contribution is -2.58. The van der Waals surface area contributed by atoms with Crippen molar-refractivity contribution in [2.75, 3.05) is 38.3 Å². The molecule has 0 N–H and O–H groups in total. The number of amides is 2. The van der Waals surface area contributed by atoms with Crippen LogP contribution >= 0.6 is 0 Å². The van der Waals surface area contributed by atoms with Gasteiger partial charge in [0.15, 0.2) is 0 Å². The fraction of sp³-hybridized carbons (Fsp3) is 0.556. The van der Waals surface area contributed by atoms with Crippen molar-refractivity contribution in [3.8, 4) is 5.75 Å². The maximum absolute atomic E-state index is 12.8. The number of carbonyl (C=O) groups excluding carboxylic acids is 2. The number of hydrogen-bond donors (Lipinski definition) is 0. The monoisotopic (exact) mass is 332 g/mol. The number of rotatable bonds is 3. The van der Waals surface area contributed by atoms with Crippen LogP contribution in [0.3, 0.4) is 0 Å². The molecule has 0 bridgehead atoms. The quantitative estimate of drug-likeness (QED) is 0.847. The Morgan fingerprint density at radius 2 is 1.96 bits per heavy atom. The van der Waals surface area contributed by atoms with Crippen LogP contribution in [0, 0.1) is 0 Å². The average Bonchev–Trinajstić information content (AvgIpc) is 2.62. The Morgan fingerprint density at radius 1 is 1.21 bits per heavy atom. The van der Waals surface area contributed by atoms with E-state index in [-0.39, 0.29) is 18.4 Å². The summed E-state index contributed by atoms with van der Waals surface area (Å²) in [5.41, 5.74) is 0.0499. The number of methoxy groups -OCH3 is 1. The standard InChI is InChI=1S/C18H24N2O4/c1-18(9-3-4-12-24-18)17(22)19-10-11-20(16(21)13-19)14-5-7-15(23-2)8-6-14/h5-8H,3-4,9-13H2,1-2H3/t18-/m0/s1. The van der Waals surface area contributed by atoms with Crippen molar-refractivity contribution < 1.29 is 19.1 Å². The Balaban J connectivity index is 1.66. The van der Waals surface area contributed by atoms with Crippen LogP contribution in [0.1, 0.15) is 26.2 Å². The number of carbonyl (C=O) groups is 2. The van der Waals surface area contributed by atoms with Crippen LogP contribution in [0.25, 0.3) is 0 Å². The molecule has 6 nitrogen and oxygen atoms in total. The summed E-state index contributed by atoms with van der Waals surface area (Å²) >= 11 is 0. The van der Waals surface area contributed by atoms with Crippen LogP contribution < -0.4 is 9.64 Å². The molecule has 3 rings (SSSR count). The average molecular weight is 332 g/mol. The molecule has 1 aromatic carbocycles. The molecule has 2 amide bonds. The van der Waals surface area contributed by atoms with Gasteiger partial charge in [0.05, 0.1) is 7.11 Å². The minimum atomic E-state index is -0.777. The Hall–Kier alpha value is -2.08. The van der Waals surface area contributed by atoms with E-state index in [9.17, 15) is 9.59 Å². The van der Waals surface area contributed by atoms with Crippen molar-refractivity contribution in [3.63, 3.8) is 0 Å². The van der Waals surface area contributed by atoms with E-state index in [0.717, 1.165) is 30.7 Å². The van der Waals surface area contributed by atoms with Gasteiger partial charge in [-0.15, -0.1) is 0 Å². The van der Waals surface area contributed by atoms with Crippen molar-refractivity contribution in [1.29, 1.82) is 0 Å². The first kappa shape index (κ1) is 16.8. The van der Waals surface area contributed by atoms with E-state index in [0.29, 0.717) is 19.7 Å². The number of anilines is 1. The summed E-state index contributed by atoms with van der Waals surface area (Å²) in [5.74, 6) is 0.617. The molecule has 2 aliphatic heterocycles. The molecule has 130 valence electrons. The summed E-state index contributed by atoms with van der Waals surface area (Å²) in [5, 5.41) is 0. The molecule has 6 heteroatoms. The summed E-state index contributed by atoms with van der Waals surface area (Å²) in [6.45, 7) is 3.57. The zero-order valence-corrected chi connectivity index (χ0v) is 14.3. The molecule has 1 aromatic rings. The number of piperazine rings is 1. The minimum Gasteiger partial charge on any atom is -0.497 e. The lowest BCUT2D eigenvalue weighted by atomic mass is 9.94. The van der Waals surface area contributed by atoms with Crippen molar-refractivity contribution in [1.82, 2.24) is 4.90 Å². The first-order valence-corrected chi connectivity index (χ1v) is 8.41. The Kier molecular flexibility index (Phi) is 4.76. The fourth-order valence-corrected chi connectivity index (χ4v) is 3.32. The van der Waals surface area contributed by atoms with E-state index in [2.05, 4.69) is 0 Å². The van der Waals surface area contributed by atoms with Crippen LogP contribution in [-0.2, 0) is 14.3 Å². The molecule has 0 aliphatic carbocycles. The van der Waals surface area contributed by atoms with Gasteiger partial charge >= 0.3 is 0 Å². The Labute approximate surface area is 142 Å². The van der Waals surface area contributed by atoms with E-state index in [4.69, 9.17) is 9.47 Å². The molecule has 0 saturated carbocycles. The molecule has 0 aromatic heterocycles. The maximum Gasteiger partial charge on any atom is 0.255 e. The highest BCUT2D eigenvalue weighted by molar-refractivity contribution is 5.99. The third-order valence-corrected chi connectivity index (χ3v) is 4.81. The van der Waals surface area contributed by atoms with E-state index < -0.39 is 5.60 Å². The lowest BCUT2D eigenvalue weighted by molar-refractivity contribution is -0.163. The summed E-state index contributed by atoms with van der Waals surface area (Å²) in [7, 11) is 1.61. The summed E-state index contributed by atoms with van der Waals surface area (Å²) < 4.78 is 10.9. The van der Waals surface area contributed by atoms with E-state index in [1.165, 1.54) is 0 Å². The van der Waals surface area contributed by atoms with Gasteiger partial charge < -0.3 is 19.3 Å². The van der Waals surface area contributed by atoms with Gasteiger partial charge in [-0.25, -0.2) is 0 Å². The van der Waals surface area contributed by atoms with Gasteiger partial charge in [0, 0.05) is 25.4 Å². The normalized spacial score (nSPS) is 24.8. The zero-order chi connectivity index (χ0) is 17.2. The maximum atomic E-state index is 12.8. The Morgan fingerprint density at radius 3 is 2.54 bits per heavy atom. The second-order valence-corrected chi connectivity index (χ2v) is 6.51. The summed E-state index contributed by atoms with van der Waals surface area (Å²) in [6, 6.07) is 7.38. The molecule has 2 saturated heterocycles. The van der Waals surface area contributed by atoms with Gasteiger partial charge in [0.1, 0.15) is 17.9 Å². The SMILES string of the molecule is COc1ccc(N2CCN(C(=O)[C@]3(C)CCCCO3)CC2=O)cc1. The van der Waals surface area contributed by atoms with Crippen LogP contribution in [0.2, 0.25) is 0 Å². The molecule has 0 radical (unpaired) electrons. The summed E-state index contributed by atoms with van der Waals surface area (Å²) in [6.07, 6.45) is 2.70. The molecular formula is C18H24N2O4. The van der Waals surface area contributed by atoms with Crippen LogP contribution in [0.4, 0.5) is 5.69 Å². The molecule has 2 fully saturated rings. The van der Waals surface area contributed by atoms with E-state index in [1.54, 1.807) is 16.9 Å². The van der Waals surface area contributed by atoms with Gasteiger partial charge in [0.25, 0.3) is 5.91 Å². The second-order valence-electron chi connectivity index (χ2n) is 6.51. The molecular weight excluding hydrogens is 308 g/mol. The van der Waals surface area contributed by atoms with E-state index in [1.807, 2.05) is 31.2 Å². The second kappa shape index (κ2) is 6.81. The number of nitrogens with zero attached hydrogens (tertiary/aromatic N) is 2. The highest BCUT2D eigenvalue weighted by atomic mass is 16.5. The predicted octanol–water partition coefficient (Wildman–Crippen LogP) is 1.83. The zero-order valence-electron chi connectivity index (χ0n) is 14.3. The van der Waals surface area contributed by atoms with Crippen LogP contribution in [0.15, 0.2) is 24.3 Å². The van der Waals surface area contributed by atoms with Gasteiger partial charge in [-0.05, 0) is 50.5 Å². The Bertz CT molecular complexity index is 608. The van der Waals surface area contributed by atoms with Gasteiger partial charge in [-0.3, -0.25) is 9.59 Å². The fourth-order valence-electron chi connectivity index (χ4n) is 3.32. The van der Waals surface area contributed by atoms with Crippen molar-refractivity contribution in [2.24, 2.45) is 0 Å². The molecule has 24 heavy (non-hydrogen) atoms. The highest BCUT2D eigenvalue weighted by Crippen LogP contribution is 2.28. The molecule has 2 aliphatic rings.